The Kier molecular flexibility index (Phi) is 5.14. The lowest BCUT2D eigenvalue weighted by Gasteiger charge is -2.49. The summed E-state index contributed by atoms with van der Waals surface area (Å²) in [6, 6.07) is 0. The largest absolute Gasteiger partial charge is 0.373 e. The average Bonchev–Trinajstić information content (AvgIpc) is 2.60. The van der Waals surface area contributed by atoms with Crippen molar-refractivity contribution in [1.82, 2.24) is 4.90 Å². The number of ether oxygens (including phenoxy) is 1. The monoisotopic (exact) mass is 282 g/mol. The van der Waals surface area contributed by atoms with Crippen LogP contribution in [0.15, 0.2) is 0 Å². The first-order chi connectivity index (χ1) is 9.38. The zero-order valence-corrected chi connectivity index (χ0v) is 14.0. The molecule has 2 atom stereocenters. The first-order valence-electron chi connectivity index (χ1n) is 8.48. The average molecular weight is 282 g/mol. The van der Waals surface area contributed by atoms with Crippen LogP contribution >= 0.6 is 0 Å². The van der Waals surface area contributed by atoms with E-state index >= 15 is 0 Å². The summed E-state index contributed by atoms with van der Waals surface area (Å²) in [6.45, 7) is 12.9. The van der Waals surface area contributed by atoms with Gasteiger partial charge in [-0.15, -0.1) is 0 Å². The quantitative estimate of drug-likeness (QED) is 0.809. The van der Waals surface area contributed by atoms with Crippen LogP contribution in [-0.2, 0) is 4.74 Å². The Balaban J connectivity index is 2.09. The van der Waals surface area contributed by atoms with Crippen molar-refractivity contribution in [1.29, 1.82) is 0 Å². The molecule has 2 fully saturated rings. The van der Waals surface area contributed by atoms with E-state index in [4.69, 9.17) is 10.5 Å². The Morgan fingerprint density at radius 3 is 2.60 bits per heavy atom. The van der Waals surface area contributed by atoms with Crippen molar-refractivity contribution in [3.8, 4) is 0 Å². The lowest BCUT2D eigenvalue weighted by molar-refractivity contribution is -0.118. The molecule has 1 aliphatic heterocycles. The van der Waals surface area contributed by atoms with Gasteiger partial charge in [0.25, 0.3) is 0 Å². The van der Waals surface area contributed by atoms with Crippen LogP contribution in [0.25, 0.3) is 0 Å². The third-order valence-electron chi connectivity index (χ3n) is 5.62. The molecule has 118 valence electrons. The Labute approximate surface area is 125 Å². The number of rotatable bonds is 3. The first-order valence-corrected chi connectivity index (χ1v) is 8.48. The van der Waals surface area contributed by atoms with E-state index in [2.05, 4.69) is 32.6 Å². The number of hydrogen-bond donors (Lipinski definition) is 1. The number of nitrogens with two attached hydrogens (primary N) is 1. The van der Waals surface area contributed by atoms with Crippen molar-refractivity contribution >= 4 is 0 Å². The summed E-state index contributed by atoms with van der Waals surface area (Å²) in [5, 5.41) is 0. The van der Waals surface area contributed by atoms with Gasteiger partial charge in [0.2, 0.25) is 0 Å². The standard InChI is InChI=1S/C17H34N2O/c1-14(2)15-6-5-8-17(12-18,9-7-15)19-10-11-20-16(3,4)13-19/h14-15H,5-13,18H2,1-4H3. The summed E-state index contributed by atoms with van der Waals surface area (Å²) in [5.74, 6) is 1.70. The molecule has 2 rings (SSSR count). The van der Waals surface area contributed by atoms with Crippen LogP contribution in [0.2, 0.25) is 0 Å². The fourth-order valence-corrected chi connectivity index (χ4v) is 4.15. The molecule has 0 aromatic heterocycles. The Morgan fingerprint density at radius 2 is 2.00 bits per heavy atom. The van der Waals surface area contributed by atoms with E-state index < -0.39 is 0 Å². The zero-order valence-electron chi connectivity index (χ0n) is 14.0. The topological polar surface area (TPSA) is 38.5 Å². The van der Waals surface area contributed by atoms with Crippen molar-refractivity contribution in [2.45, 2.75) is 70.9 Å². The highest BCUT2D eigenvalue weighted by atomic mass is 16.5. The van der Waals surface area contributed by atoms with Crippen molar-refractivity contribution in [2.24, 2.45) is 17.6 Å². The molecular weight excluding hydrogens is 248 g/mol. The molecule has 0 aromatic rings. The highest BCUT2D eigenvalue weighted by molar-refractivity contribution is 4.97. The van der Waals surface area contributed by atoms with Gasteiger partial charge in [-0.3, -0.25) is 4.90 Å². The predicted octanol–water partition coefficient (Wildman–Crippen LogP) is 3.03. The number of nitrogens with zero attached hydrogens (tertiary/aromatic N) is 1. The molecule has 0 radical (unpaired) electrons. The van der Waals surface area contributed by atoms with E-state index in [0.29, 0.717) is 0 Å². The zero-order chi connectivity index (χ0) is 14.8. The minimum Gasteiger partial charge on any atom is -0.373 e. The van der Waals surface area contributed by atoms with E-state index in [1.54, 1.807) is 0 Å². The van der Waals surface area contributed by atoms with E-state index in [9.17, 15) is 0 Å². The van der Waals surface area contributed by atoms with Crippen LogP contribution in [0.5, 0.6) is 0 Å². The lowest BCUT2D eigenvalue weighted by atomic mass is 9.84. The van der Waals surface area contributed by atoms with Crippen LogP contribution in [0.1, 0.15) is 59.8 Å². The molecule has 0 aromatic carbocycles. The molecule has 0 amide bonds. The molecule has 2 N–H and O–H groups in total. The van der Waals surface area contributed by atoms with E-state index in [1.807, 2.05) is 0 Å². The molecule has 1 aliphatic carbocycles. The van der Waals surface area contributed by atoms with Gasteiger partial charge in [0.1, 0.15) is 0 Å². The summed E-state index contributed by atoms with van der Waals surface area (Å²) in [6.07, 6.45) is 6.59. The van der Waals surface area contributed by atoms with Crippen molar-refractivity contribution < 1.29 is 4.74 Å². The Bertz CT molecular complexity index is 316. The second-order valence-corrected chi connectivity index (χ2v) is 7.89. The van der Waals surface area contributed by atoms with Gasteiger partial charge in [0, 0.05) is 25.2 Å². The second-order valence-electron chi connectivity index (χ2n) is 7.89. The summed E-state index contributed by atoms with van der Waals surface area (Å²) < 4.78 is 5.88. The molecule has 20 heavy (non-hydrogen) atoms. The highest BCUT2D eigenvalue weighted by Gasteiger charge is 2.41. The van der Waals surface area contributed by atoms with Gasteiger partial charge in [0.05, 0.1) is 12.2 Å². The molecule has 2 aliphatic rings. The lowest BCUT2D eigenvalue weighted by Crippen LogP contribution is -2.61. The van der Waals surface area contributed by atoms with Gasteiger partial charge < -0.3 is 10.5 Å². The van der Waals surface area contributed by atoms with Gasteiger partial charge in [-0.25, -0.2) is 0 Å². The number of hydrogen-bond acceptors (Lipinski definition) is 3. The number of morpholine rings is 1. The van der Waals surface area contributed by atoms with Crippen molar-refractivity contribution in [2.75, 3.05) is 26.2 Å². The molecule has 0 bridgehead atoms. The molecule has 3 heteroatoms. The second kappa shape index (κ2) is 6.33. The van der Waals surface area contributed by atoms with Crippen LogP contribution < -0.4 is 5.73 Å². The fraction of sp³-hybridized carbons (Fsp3) is 1.00. The maximum atomic E-state index is 6.27. The van der Waals surface area contributed by atoms with Crippen LogP contribution in [0.3, 0.4) is 0 Å². The maximum Gasteiger partial charge on any atom is 0.0753 e. The van der Waals surface area contributed by atoms with Gasteiger partial charge in [-0.2, -0.15) is 0 Å². The first kappa shape index (κ1) is 16.3. The molecule has 1 saturated heterocycles. The minimum atomic E-state index is -0.0236. The Morgan fingerprint density at radius 1 is 1.25 bits per heavy atom. The fourth-order valence-electron chi connectivity index (χ4n) is 4.15. The smallest absolute Gasteiger partial charge is 0.0753 e. The molecule has 3 nitrogen and oxygen atoms in total. The van der Waals surface area contributed by atoms with Crippen LogP contribution in [-0.4, -0.2) is 42.3 Å². The van der Waals surface area contributed by atoms with E-state index in [0.717, 1.165) is 38.1 Å². The van der Waals surface area contributed by atoms with E-state index in [1.165, 1.54) is 32.1 Å². The molecule has 1 saturated carbocycles. The van der Waals surface area contributed by atoms with Crippen molar-refractivity contribution in [3.05, 3.63) is 0 Å². The maximum absolute atomic E-state index is 6.27. The summed E-state index contributed by atoms with van der Waals surface area (Å²) >= 11 is 0. The SMILES string of the molecule is CC(C)C1CCCC(CN)(N2CCOC(C)(C)C2)CC1. The molecule has 0 spiro atoms. The summed E-state index contributed by atoms with van der Waals surface area (Å²) in [7, 11) is 0. The molecular formula is C17H34N2O. The van der Waals surface area contributed by atoms with E-state index in [-0.39, 0.29) is 11.1 Å². The highest BCUT2D eigenvalue weighted by Crippen LogP contribution is 2.38. The van der Waals surface area contributed by atoms with Crippen LogP contribution in [0.4, 0.5) is 0 Å². The van der Waals surface area contributed by atoms with Crippen molar-refractivity contribution in [3.63, 3.8) is 0 Å². The molecule has 2 unspecified atom stereocenters. The third-order valence-corrected chi connectivity index (χ3v) is 5.62. The van der Waals surface area contributed by atoms with Gasteiger partial charge in [-0.05, 0) is 44.9 Å². The summed E-state index contributed by atoms with van der Waals surface area (Å²) in [4.78, 5) is 2.65. The van der Waals surface area contributed by atoms with Gasteiger partial charge >= 0.3 is 0 Å². The summed E-state index contributed by atoms with van der Waals surface area (Å²) in [5.41, 5.74) is 6.47. The predicted molar refractivity (Wildman–Crippen MR) is 84.8 cm³/mol. The molecule has 1 heterocycles. The van der Waals surface area contributed by atoms with Crippen LogP contribution in [0, 0.1) is 11.8 Å². The normalized spacial score (nSPS) is 36.0. The Hall–Kier alpha value is -0.120. The third kappa shape index (κ3) is 3.55. The van der Waals surface area contributed by atoms with Gasteiger partial charge in [-0.1, -0.05) is 26.7 Å². The minimum absolute atomic E-state index is 0.0236. The van der Waals surface area contributed by atoms with Gasteiger partial charge in [0.15, 0.2) is 0 Å².